The van der Waals surface area contributed by atoms with Gasteiger partial charge in [-0.15, -0.1) is 12.3 Å². The maximum atomic E-state index is 11.9. The van der Waals surface area contributed by atoms with Crippen molar-refractivity contribution in [3.05, 3.63) is 11.8 Å². The van der Waals surface area contributed by atoms with E-state index in [1.54, 1.807) is 4.90 Å². The van der Waals surface area contributed by atoms with Gasteiger partial charge >= 0.3 is 0 Å². The second-order valence-electron chi connectivity index (χ2n) is 4.75. The van der Waals surface area contributed by atoms with Crippen LogP contribution in [0, 0.1) is 25.2 Å². The first-order valence-corrected chi connectivity index (χ1v) is 5.85. The molecule has 0 saturated carbocycles. The van der Waals surface area contributed by atoms with Crippen LogP contribution in [0.2, 0.25) is 0 Å². The van der Waals surface area contributed by atoms with Gasteiger partial charge in [-0.2, -0.15) is 5.10 Å². The summed E-state index contributed by atoms with van der Waals surface area (Å²) in [6.07, 6.45) is 5.83. The molecule has 0 aliphatic carbocycles. The molecule has 4 heteroatoms. The van der Waals surface area contributed by atoms with E-state index in [4.69, 9.17) is 6.42 Å². The molecule has 1 unspecified atom stereocenters. The third-order valence-electron chi connectivity index (χ3n) is 2.96. The van der Waals surface area contributed by atoms with Crippen LogP contribution >= 0.6 is 0 Å². The van der Waals surface area contributed by atoms with Gasteiger partial charge in [-0.05, 0) is 20.8 Å². The Morgan fingerprint density at radius 2 is 2.29 bits per heavy atom. The number of anilines is 1. The van der Waals surface area contributed by atoms with E-state index in [2.05, 4.69) is 24.9 Å². The fraction of sp³-hybridized carbons (Fsp3) is 0.538. The summed E-state index contributed by atoms with van der Waals surface area (Å²) in [4.78, 5) is 13.7. The highest BCUT2D eigenvalue weighted by Crippen LogP contribution is 2.27. The van der Waals surface area contributed by atoms with Crippen molar-refractivity contribution in [2.45, 2.75) is 33.2 Å². The summed E-state index contributed by atoms with van der Waals surface area (Å²) < 4.78 is 1.88. The van der Waals surface area contributed by atoms with E-state index < -0.39 is 0 Å². The Morgan fingerprint density at radius 1 is 1.59 bits per heavy atom. The monoisotopic (exact) mass is 231 g/mol. The van der Waals surface area contributed by atoms with Gasteiger partial charge in [0.2, 0.25) is 5.91 Å². The summed E-state index contributed by atoms with van der Waals surface area (Å²) >= 11 is 0. The molecular weight excluding hydrogens is 214 g/mol. The summed E-state index contributed by atoms with van der Waals surface area (Å²) in [5.41, 5.74) is 0.922. The molecule has 1 fully saturated rings. The van der Waals surface area contributed by atoms with E-state index in [9.17, 15) is 4.79 Å². The summed E-state index contributed by atoms with van der Waals surface area (Å²) in [5, 5.41) is 4.41. The van der Waals surface area contributed by atoms with Crippen molar-refractivity contribution in [3.8, 4) is 12.3 Å². The van der Waals surface area contributed by atoms with Crippen molar-refractivity contribution >= 4 is 11.7 Å². The number of hydrogen-bond acceptors (Lipinski definition) is 2. The number of carbonyl (C=O) groups is 1. The third kappa shape index (κ3) is 2.05. The highest BCUT2D eigenvalue weighted by molar-refractivity contribution is 5.95. The molecule has 1 saturated heterocycles. The Morgan fingerprint density at radius 3 is 2.82 bits per heavy atom. The van der Waals surface area contributed by atoms with Gasteiger partial charge in [-0.25, -0.2) is 4.68 Å². The minimum atomic E-state index is 0.0262. The Labute approximate surface area is 102 Å². The van der Waals surface area contributed by atoms with E-state index in [-0.39, 0.29) is 17.9 Å². The molecule has 1 aromatic heterocycles. The van der Waals surface area contributed by atoms with Crippen molar-refractivity contribution in [2.24, 2.45) is 5.92 Å². The second-order valence-corrected chi connectivity index (χ2v) is 4.75. The van der Waals surface area contributed by atoms with Gasteiger partial charge in [0, 0.05) is 31.0 Å². The van der Waals surface area contributed by atoms with E-state index in [1.807, 2.05) is 17.7 Å². The van der Waals surface area contributed by atoms with Crippen LogP contribution in [0.4, 0.5) is 5.82 Å². The summed E-state index contributed by atoms with van der Waals surface area (Å²) in [6, 6.07) is 2.17. The number of hydrogen-bond donors (Lipinski definition) is 0. The molecule has 1 aliphatic heterocycles. The quantitative estimate of drug-likeness (QED) is 0.727. The van der Waals surface area contributed by atoms with Gasteiger partial charge in [0.25, 0.3) is 0 Å². The smallest absolute Gasteiger partial charge is 0.229 e. The Balaban J connectivity index is 2.35. The first kappa shape index (κ1) is 11.7. The van der Waals surface area contributed by atoms with Gasteiger partial charge in [-0.3, -0.25) is 9.69 Å². The van der Waals surface area contributed by atoms with Crippen molar-refractivity contribution < 1.29 is 4.79 Å². The van der Waals surface area contributed by atoms with Crippen LogP contribution in [-0.2, 0) is 4.79 Å². The Hall–Kier alpha value is -1.76. The molecule has 2 heterocycles. The number of nitrogens with zero attached hydrogens (tertiary/aromatic N) is 3. The minimum absolute atomic E-state index is 0.0262. The lowest BCUT2D eigenvalue weighted by Gasteiger charge is -2.19. The zero-order valence-electron chi connectivity index (χ0n) is 10.5. The topological polar surface area (TPSA) is 38.1 Å². The molecular formula is C13H17N3O. The predicted molar refractivity (Wildman–Crippen MR) is 66.6 cm³/mol. The molecule has 2 rings (SSSR count). The normalized spacial score (nSPS) is 20.1. The maximum absolute atomic E-state index is 11.9. The lowest BCUT2D eigenvalue weighted by Crippen LogP contribution is -2.27. The fourth-order valence-corrected chi connectivity index (χ4v) is 2.13. The second kappa shape index (κ2) is 4.25. The number of aromatic nitrogens is 2. The molecule has 1 aliphatic rings. The first-order chi connectivity index (χ1) is 8.02. The number of terminal acetylenes is 1. The van der Waals surface area contributed by atoms with Gasteiger partial charge in [0.05, 0.1) is 5.69 Å². The summed E-state index contributed by atoms with van der Waals surface area (Å²) in [5.74, 6) is 3.64. The highest BCUT2D eigenvalue weighted by Gasteiger charge is 2.31. The minimum Gasteiger partial charge on any atom is -0.296 e. The van der Waals surface area contributed by atoms with Crippen LogP contribution in [0.5, 0.6) is 0 Å². The molecule has 1 amide bonds. The van der Waals surface area contributed by atoms with Crippen molar-refractivity contribution in [1.82, 2.24) is 9.78 Å². The number of rotatable bonds is 2. The summed E-state index contributed by atoms with van der Waals surface area (Å²) in [7, 11) is 0. The average molecular weight is 231 g/mol. The van der Waals surface area contributed by atoms with Gasteiger partial charge in [0.1, 0.15) is 5.82 Å². The SMILES string of the molecule is C#CC1CC(=O)N(c2cc(C)nn2C(C)C)C1. The Bertz CT molecular complexity index is 481. The van der Waals surface area contributed by atoms with Gasteiger partial charge in [-0.1, -0.05) is 0 Å². The average Bonchev–Trinajstić information content (AvgIpc) is 2.81. The summed E-state index contributed by atoms with van der Waals surface area (Å²) in [6.45, 7) is 6.64. The Kier molecular flexibility index (Phi) is 2.93. The number of amides is 1. The first-order valence-electron chi connectivity index (χ1n) is 5.85. The van der Waals surface area contributed by atoms with Crippen LogP contribution in [0.3, 0.4) is 0 Å². The third-order valence-corrected chi connectivity index (χ3v) is 2.96. The molecule has 1 aromatic rings. The largest absolute Gasteiger partial charge is 0.296 e. The number of aryl methyl sites for hydroxylation is 1. The van der Waals surface area contributed by atoms with E-state index in [0.717, 1.165) is 11.5 Å². The van der Waals surface area contributed by atoms with Crippen molar-refractivity contribution in [1.29, 1.82) is 0 Å². The predicted octanol–water partition coefficient (Wildman–Crippen LogP) is 1.76. The lowest BCUT2D eigenvalue weighted by atomic mass is 10.1. The lowest BCUT2D eigenvalue weighted by molar-refractivity contribution is -0.117. The molecule has 90 valence electrons. The molecule has 0 radical (unpaired) electrons. The number of carbonyl (C=O) groups excluding carboxylic acids is 1. The van der Waals surface area contributed by atoms with Gasteiger partial charge in [0.15, 0.2) is 0 Å². The van der Waals surface area contributed by atoms with E-state index >= 15 is 0 Å². The van der Waals surface area contributed by atoms with Crippen LogP contribution in [-0.4, -0.2) is 22.2 Å². The molecule has 0 N–H and O–H groups in total. The molecule has 0 spiro atoms. The standard InChI is InChI=1S/C13H17N3O/c1-5-11-7-13(17)15(8-11)12-6-10(4)14-16(12)9(2)3/h1,6,9,11H,7-8H2,2-4H3. The van der Waals surface area contributed by atoms with Crippen LogP contribution in [0.25, 0.3) is 0 Å². The van der Waals surface area contributed by atoms with Crippen LogP contribution < -0.4 is 4.90 Å². The van der Waals surface area contributed by atoms with Crippen molar-refractivity contribution in [3.63, 3.8) is 0 Å². The van der Waals surface area contributed by atoms with E-state index in [0.29, 0.717) is 13.0 Å². The zero-order valence-corrected chi connectivity index (χ0v) is 10.5. The van der Waals surface area contributed by atoms with E-state index in [1.165, 1.54) is 0 Å². The highest BCUT2D eigenvalue weighted by atomic mass is 16.2. The van der Waals surface area contributed by atoms with Crippen molar-refractivity contribution in [2.75, 3.05) is 11.4 Å². The molecule has 17 heavy (non-hydrogen) atoms. The fourth-order valence-electron chi connectivity index (χ4n) is 2.13. The maximum Gasteiger partial charge on any atom is 0.229 e. The van der Waals surface area contributed by atoms with Crippen LogP contribution in [0.15, 0.2) is 6.07 Å². The molecule has 0 bridgehead atoms. The molecule has 4 nitrogen and oxygen atoms in total. The molecule has 0 aromatic carbocycles. The zero-order chi connectivity index (χ0) is 12.6. The van der Waals surface area contributed by atoms with Gasteiger partial charge < -0.3 is 0 Å². The van der Waals surface area contributed by atoms with Crippen LogP contribution in [0.1, 0.15) is 32.0 Å². The molecule has 1 atom stereocenters.